The predicted octanol–water partition coefficient (Wildman–Crippen LogP) is 4.62. The van der Waals surface area contributed by atoms with E-state index >= 15 is 0 Å². The van der Waals surface area contributed by atoms with Gasteiger partial charge in [-0.15, -0.1) is 0 Å². The molecule has 0 aliphatic carbocycles. The summed E-state index contributed by atoms with van der Waals surface area (Å²) in [5.41, 5.74) is -0.950. The number of phenolic OH excluding ortho intramolecular Hbond substituents is 1. The molecule has 1 N–H and O–H groups in total. The first-order valence-corrected chi connectivity index (χ1v) is 8.23. The highest BCUT2D eigenvalue weighted by Gasteiger charge is 2.30. The quantitative estimate of drug-likeness (QED) is 0.473. The van der Waals surface area contributed by atoms with E-state index in [1.807, 2.05) is 38.1 Å². The van der Waals surface area contributed by atoms with Gasteiger partial charge in [-0.2, -0.15) is 0 Å². The number of nitrogens with zero attached hydrogens (tertiary/aromatic N) is 4. The van der Waals surface area contributed by atoms with Crippen LogP contribution in [-0.2, 0) is 0 Å². The standard InChI is InChI=1S/C11H10ClN.C6H3N3O7/c1-7-6-10-9(8(2)13-7)4-3-5-11(10)12;10-6-4(8(13)14)1-3(7(11)12)2-5(6)9(15)16/h3-6H,1-2H3;1-2,10H. The molecular formula is C17H13ClN4O7. The minimum absolute atomic E-state index is 0.447. The van der Waals surface area contributed by atoms with Crippen LogP contribution in [0.2, 0.25) is 5.02 Å². The Bertz CT molecular complexity index is 1120. The van der Waals surface area contributed by atoms with Gasteiger partial charge in [0.15, 0.2) is 0 Å². The third kappa shape index (κ3) is 4.71. The first kappa shape index (κ1) is 21.4. The molecule has 3 aromatic rings. The van der Waals surface area contributed by atoms with E-state index in [9.17, 15) is 30.3 Å². The Balaban J connectivity index is 0.000000211. The minimum Gasteiger partial charge on any atom is -0.497 e. The van der Waals surface area contributed by atoms with Crippen LogP contribution in [0.5, 0.6) is 5.75 Å². The van der Waals surface area contributed by atoms with Crippen LogP contribution in [0.25, 0.3) is 10.8 Å². The molecule has 0 radical (unpaired) electrons. The molecule has 0 bridgehead atoms. The van der Waals surface area contributed by atoms with Crippen molar-refractivity contribution in [1.82, 2.24) is 4.98 Å². The highest BCUT2D eigenvalue weighted by molar-refractivity contribution is 6.35. The van der Waals surface area contributed by atoms with Crippen LogP contribution < -0.4 is 0 Å². The normalized spacial score (nSPS) is 10.2. The smallest absolute Gasteiger partial charge is 0.324 e. The summed E-state index contributed by atoms with van der Waals surface area (Å²) in [4.78, 5) is 32.2. The van der Waals surface area contributed by atoms with Crippen LogP contribution >= 0.6 is 11.6 Å². The van der Waals surface area contributed by atoms with Crippen molar-refractivity contribution >= 4 is 39.4 Å². The highest BCUT2D eigenvalue weighted by Crippen LogP contribution is 2.38. The SMILES string of the molecule is Cc1cc2c(Cl)cccc2c(C)n1.O=[N+]([O-])c1cc([N+](=O)[O-])c(O)c([N+](=O)[O-])c1. The van der Waals surface area contributed by atoms with Gasteiger partial charge in [-0.3, -0.25) is 35.3 Å². The third-order valence-corrected chi connectivity index (χ3v) is 4.13. The Morgan fingerprint density at radius 2 is 1.45 bits per heavy atom. The van der Waals surface area contributed by atoms with Crippen molar-refractivity contribution in [2.45, 2.75) is 13.8 Å². The van der Waals surface area contributed by atoms with E-state index in [-0.39, 0.29) is 0 Å². The van der Waals surface area contributed by atoms with Crippen molar-refractivity contribution in [1.29, 1.82) is 0 Å². The second kappa shape index (κ2) is 8.44. The van der Waals surface area contributed by atoms with Gasteiger partial charge in [-0.25, -0.2) is 0 Å². The van der Waals surface area contributed by atoms with E-state index in [4.69, 9.17) is 16.7 Å². The van der Waals surface area contributed by atoms with Crippen LogP contribution in [0, 0.1) is 44.2 Å². The molecule has 0 spiro atoms. The fraction of sp³-hybridized carbons (Fsp3) is 0.118. The van der Waals surface area contributed by atoms with Gasteiger partial charge >= 0.3 is 11.4 Å². The zero-order valence-electron chi connectivity index (χ0n) is 15.0. The van der Waals surface area contributed by atoms with Gasteiger partial charge in [0.2, 0.25) is 0 Å². The zero-order valence-corrected chi connectivity index (χ0v) is 15.8. The second-order valence-corrected chi connectivity index (χ2v) is 6.20. The number of hydrogen-bond donors (Lipinski definition) is 1. The summed E-state index contributed by atoms with van der Waals surface area (Å²) in [6, 6.07) is 8.82. The number of aromatic nitrogens is 1. The molecule has 29 heavy (non-hydrogen) atoms. The fourth-order valence-corrected chi connectivity index (χ4v) is 2.77. The number of nitro groups is 3. The number of benzene rings is 2. The molecule has 1 aromatic heterocycles. The predicted molar refractivity (Wildman–Crippen MR) is 104 cm³/mol. The molecule has 0 fully saturated rings. The van der Waals surface area contributed by atoms with Gasteiger partial charge in [0.05, 0.1) is 26.9 Å². The van der Waals surface area contributed by atoms with E-state index in [0.717, 1.165) is 27.2 Å². The van der Waals surface area contributed by atoms with Gasteiger partial charge in [0.1, 0.15) is 0 Å². The Morgan fingerprint density at radius 3 is 1.93 bits per heavy atom. The lowest BCUT2D eigenvalue weighted by Gasteiger charge is -2.04. The molecule has 150 valence electrons. The van der Waals surface area contributed by atoms with Crippen molar-refractivity contribution in [3.05, 3.63) is 83.2 Å². The number of fused-ring (bicyclic) bond motifs is 1. The monoisotopic (exact) mass is 420 g/mol. The summed E-state index contributed by atoms with van der Waals surface area (Å²) in [5, 5.41) is 43.2. The van der Waals surface area contributed by atoms with Crippen LogP contribution in [0.15, 0.2) is 36.4 Å². The van der Waals surface area contributed by atoms with Crippen LogP contribution in [0.1, 0.15) is 11.4 Å². The number of aryl methyl sites for hydroxylation is 2. The second-order valence-electron chi connectivity index (χ2n) is 5.79. The lowest BCUT2D eigenvalue weighted by atomic mass is 10.1. The maximum atomic E-state index is 10.4. The zero-order chi connectivity index (χ0) is 21.9. The number of nitro benzene ring substituents is 3. The maximum Gasteiger partial charge on any atom is 0.324 e. The average molecular weight is 421 g/mol. The lowest BCUT2D eigenvalue weighted by molar-refractivity contribution is -0.404. The maximum absolute atomic E-state index is 10.4. The van der Waals surface area contributed by atoms with E-state index in [1.165, 1.54) is 0 Å². The summed E-state index contributed by atoms with van der Waals surface area (Å²) in [5.74, 6) is -1.21. The van der Waals surface area contributed by atoms with Crippen molar-refractivity contribution in [2.24, 2.45) is 0 Å². The van der Waals surface area contributed by atoms with E-state index < -0.39 is 37.6 Å². The molecule has 0 saturated carbocycles. The molecule has 11 nitrogen and oxygen atoms in total. The van der Waals surface area contributed by atoms with Gasteiger partial charge in [0.25, 0.3) is 11.4 Å². The molecule has 0 aliphatic heterocycles. The largest absolute Gasteiger partial charge is 0.497 e. The van der Waals surface area contributed by atoms with Gasteiger partial charge in [0, 0.05) is 27.2 Å². The highest BCUT2D eigenvalue weighted by atomic mass is 35.5. The van der Waals surface area contributed by atoms with Gasteiger partial charge in [-0.05, 0) is 26.0 Å². The molecule has 0 unspecified atom stereocenters. The number of halogens is 1. The molecule has 2 aromatic carbocycles. The fourth-order valence-electron chi connectivity index (χ4n) is 2.54. The molecule has 3 rings (SSSR count). The summed E-state index contributed by atoms with van der Waals surface area (Å²) in [6.07, 6.45) is 0. The Labute approximate surface area is 167 Å². The van der Waals surface area contributed by atoms with Crippen molar-refractivity contribution in [3.63, 3.8) is 0 Å². The van der Waals surface area contributed by atoms with Crippen molar-refractivity contribution < 1.29 is 19.9 Å². The Hall–Kier alpha value is -3.86. The molecule has 12 heteroatoms. The minimum atomic E-state index is -1.21. The van der Waals surface area contributed by atoms with Crippen LogP contribution in [0.3, 0.4) is 0 Å². The van der Waals surface area contributed by atoms with E-state index in [1.54, 1.807) is 0 Å². The molecule has 0 aliphatic rings. The summed E-state index contributed by atoms with van der Waals surface area (Å²) in [7, 11) is 0. The summed E-state index contributed by atoms with van der Waals surface area (Å²) < 4.78 is 0. The first-order chi connectivity index (χ1) is 13.5. The van der Waals surface area contributed by atoms with Crippen LogP contribution in [-0.4, -0.2) is 24.9 Å². The van der Waals surface area contributed by atoms with Gasteiger partial charge < -0.3 is 5.11 Å². The topological polar surface area (TPSA) is 163 Å². The molecular weight excluding hydrogens is 408 g/mol. The van der Waals surface area contributed by atoms with E-state index in [2.05, 4.69) is 4.98 Å². The Kier molecular flexibility index (Phi) is 6.24. The molecule has 0 amide bonds. The summed E-state index contributed by atoms with van der Waals surface area (Å²) >= 11 is 6.07. The van der Waals surface area contributed by atoms with Gasteiger partial charge in [-0.1, -0.05) is 23.7 Å². The Morgan fingerprint density at radius 1 is 0.897 bits per heavy atom. The number of non-ortho nitro benzene ring substituents is 1. The summed E-state index contributed by atoms with van der Waals surface area (Å²) in [6.45, 7) is 3.99. The number of aromatic hydroxyl groups is 1. The van der Waals surface area contributed by atoms with Crippen molar-refractivity contribution in [3.8, 4) is 5.75 Å². The number of rotatable bonds is 3. The first-order valence-electron chi connectivity index (χ1n) is 7.85. The number of phenols is 1. The van der Waals surface area contributed by atoms with Crippen molar-refractivity contribution in [2.75, 3.05) is 0 Å². The van der Waals surface area contributed by atoms with E-state index in [0.29, 0.717) is 12.1 Å². The molecule has 1 heterocycles. The number of hydrogen-bond acceptors (Lipinski definition) is 8. The average Bonchev–Trinajstić information content (AvgIpc) is 2.62. The number of pyridine rings is 1. The lowest BCUT2D eigenvalue weighted by Crippen LogP contribution is -1.97. The molecule has 0 saturated heterocycles. The third-order valence-electron chi connectivity index (χ3n) is 3.80. The van der Waals surface area contributed by atoms with Crippen LogP contribution in [0.4, 0.5) is 17.1 Å². The molecule has 0 atom stereocenters.